The number of rotatable bonds is 6. The average Bonchev–Trinajstić information content (AvgIpc) is 3.44. The predicted octanol–water partition coefficient (Wildman–Crippen LogP) is 4.61. The fourth-order valence-corrected chi connectivity index (χ4v) is 4.41. The lowest BCUT2D eigenvalue weighted by Gasteiger charge is -2.22. The third-order valence-electron chi connectivity index (χ3n) is 4.33. The highest BCUT2D eigenvalue weighted by Crippen LogP contribution is 2.22. The number of thiophene rings is 2. The molecule has 2 aromatic heterocycles. The van der Waals surface area contributed by atoms with Crippen molar-refractivity contribution < 1.29 is 14.3 Å². The second-order valence-corrected chi connectivity index (χ2v) is 8.20. The maximum Gasteiger partial charge on any atom is 0.414 e. The number of benzene rings is 1. The molecule has 27 heavy (non-hydrogen) atoms. The fourth-order valence-electron chi connectivity index (χ4n) is 2.98. The van der Waals surface area contributed by atoms with Crippen LogP contribution < -0.4 is 4.90 Å². The molecule has 3 aromatic rings. The molecular weight excluding hydrogens is 380 g/mol. The summed E-state index contributed by atoms with van der Waals surface area (Å²) >= 11 is 3.29. The Labute approximate surface area is 165 Å². The van der Waals surface area contributed by atoms with Crippen molar-refractivity contribution in [3.8, 4) is 0 Å². The largest absolute Gasteiger partial charge is 0.447 e. The van der Waals surface area contributed by atoms with Crippen molar-refractivity contribution in [1.29, 1.82) is 0 Å². The number of hydrogen-bond acceptors (Lipinski definition) is 5. The Balaban J connectivity index is 1.53. The number of anilines is 1. The van der Waals surface area contributed by atoms with Gasteiger partial charge in [0.25, 0.3) is 5.91 Å². The maximum atomic E-state index is 13.1. The van der Waals surface area contributed by atoms with Gasteiger partial charge in [-0.15, -0.1) is 22.7 Å². The van der Waals surface area contributed by atoms with Crippen molar-refractivity contribution >= 4 is 40.4 Å². The third kappa shape index (κ3) is 4.04. The van der Waals surface area contributed by atoms with Crippen LogP contribution in [0, 0.1) is 0 Å². The lowest BCUT2D eigenvalue weighted by Crippen LogP contribution is -2.29. The van der Waals surface area contributed by atoms with Crippen molar-refractivity contribution in [1.82, 2.24) is 4.90 Å². The van der Waals surface area contributed by atoms with Gasteiger partial charge in [-0.05, 0) is 47.2 Å². The van der Waals surface area contributed by atoms with E-state index in [1.54, 1.807) is 51.8 Å². The molecule has 0 N–H and O–H groups in total. The van der Waals surface area contributed by atoms with E-state index in [0.717, 1.165) is 15.4 Å². The molecule has 0 unspecified atom stereocenters. The lowest BCUT2D eigenvalue weighted by atomic mass is 10.1. The van der Waals surface area contributed by atoms with Crippen LogP contribution in [0.5, 0.6) is 0 Å². The maximum absolute atomic E-state index is 13.1. The zero-order valence-electron chi connectivity index (χ0n) is 14.5. The lowest BCUT2D eigenvalue weighted by molar-refractivity contribution is 0.0733. The van der Waals surface area contributed by atoms with E-state index < -0.39 is 0 Å². The van der Waals surface area contributed by atoms with Gasteiger partial charge in [0.15, 0.2) is 0 Å². The van der Waals surface area contributed by atoms with Crippen LogP contribution in [-0.4, -0.2) is 30.1 Å². The Kier molecular flexibility index (Phi) is 5.22. The van der Waals surface area contributed by atoms with E-state index in [9.17, 15) is 9.59 Å². The van der Waals surface area contributed by atoms with Gasteiger partial charge in [-0.3, -0.25) is 9.69 Å². The zero-order chi connectivity index (χ0) is 18.6. The van der Waals surface area contributed by atoms with Gasteiger partial charge < -0.3 is 9.64 Å². The van der Waals surface area contributed by atoms with Gasteiger partial charge >= 0.3 is 6.09 Å². The van der Waals surface area contributed by atoms with Crippen LogP contribution in [0.15, 0.2) is 59.3 Å². The minimum atomic E-state index is -0.342. The number of nitrogens with zero attached hydrogens (tertiary/aromatic N) is 2. The summed E-state index contributed by atoms with van der Waals surface area (Å²) in [5.41, 5.74) is 1.36. The van der Waals surface area contributed by atoms with Crippen LogP contribution in [0.3, 0.4) is 0 Å². The number of ether oxygens (including phenoxy) is 1. The van der Waals surface area contributed by atoms with Gasteiger partial charge in [0.2, 0.25) is 0 Å². The standard InChI is InChI=1S/C20H18N2O3S2/c23-19(15-5-7-16(8-6-15)22-9-10-25-20(22)24)21(13-17-3-1-11-26-17)14-18-4-2-12-27-18/h1-8,11-12H,9-10,13-14H2. The molecule has 1 aliphatic heterocycles. The molecule has 7 heteroatoms. The monoisotopic (exact) mass is 398 g/mol. The summed E-state index contributed by atoms with van der Waals surface area (Å²) in [4.78, 5) is 30.5. The second kappa shape index (κ2) is 7.94. The summed E-state index contributed by atoms with van der Waals surface area (Å²) in [6.45, 7) is 2.09. The molecule has 0 spiro atoms. The first-order valence-corrected chi connectivity index (χ1v) is 10.3. The summed E-state index contributed by atoms with van der Waals surface area (Å²) in [7, 11) is 0. The Bertz CT molecular complexity index is 869. The van der Waals surface area contributed by atoms with Gasteiger partial charge in [0.1, 0.15) is 6.61 Å². The molecule has 0 bridgehead atoms. The fraction of sp³-hybridized carbons (Fsp3) is 0.200. The molecule has 3 heterocycles. The van der Waals surface area contributed by atoms with Gasteiger partial charge in [0.05, 0.1) is 19.6 Å². The van der Waals surface area contributed by atoms with E-state index in [1.165, 1.54) is 0 Å². The highest BCUT2D eigenvalue weighted by Gasteiger charge is 2.24. The Morgan fingerprint density at radius 3 is 2.11 bits per heavy atom. The molecule has 1 saturated heterocycles. The van der Waals surface area contributed by atoms with E-state index in [4.69, 9.17) is 4.74 Å². The molecule has 138 valence electrons. The first-order valence-electron chi connectivity index (χ1n) is 8.59. The van der Waals surface area contributed by atoms with Gasteiger partial charge in [-0.25, -0.2) is 4.79 Å². The molecule has 0 atom stereocenters. The minimum absolute atomic E-state index is 0.0210. The summed E-state index contributed by atoms with van der Waals surface area (Å²) in [5, 5.41) is 4.04. The van der Waals surface area contributed by atoms with Crippen LogP contribution in [-0.2, 0) is 17.8 Å². The van der Waals surface area contributed by atoms with Crippen molar-refractivity contribution in [3.05, 3.63) is 74.6 Å². The molecule has 2 amide bonds. The number of carbonyl (C=O) groups is 2. The summed E-state index contributed by atoms with van der Waals surface area (Å²) < 4.78 is 4.97. The molecule has 1 aromatic carbocycles. The normalized spacial score (nSPS) is 13.6. The highest BCUT2D eigenvalue weighted by atomic mass is 32.1. The van der Waals surface area contributed by atoms with Crippen molar-refractivity contribution in [2.45, 2.75) is 13.1 Å². The number of hydrogen-bond donors (Lipinski definition) is 0. The summed E-state index contributed by atoms with van der Waals surface area (Å²) in [6, 6.07) is 15.2. The van der Waals surface area contributed by atoms with Crippen molar-refractivity contribution in [3.63, 3.8) is 0 Å². The van der Waals surface area contributed by atoms with Crippen LogP contribution in [0.1, 0.15) is 20.1 Å². The molecule has 0 aliphatic carbocycles. The molecule has 4 rings (SSSR count). The van der Waals surface area contributed by atoms with Crippen molar-refractivity contribution in [2.24, 2.45) is 0 Å². The second-order valence-electron chi connectivity index (χ2n) is 6.13. The quantitative estimate of drug-likeness (QED) is 0.609. The van der Waals surface area contributed by atoms with Crippen molar-refractivity contribution in [2.75, 3.05) is 18.1 Å². The topological polar surface area (TPSA) is 49.9 Å². The first kappa shape index (κ1) is 17.8. The van der Waals surface area contributed by atoms with E-state index in [-0.39, 0.29) is 12.0 Å². The van der Waals surface area contributed by atoms with E-state index in [2.05, 4.69) is 0 Å². The molecule has 5 nitrogen and oxygen atoms in total. The van der Waals surface area contributed by atoms with E-state index in [1.807, 2.05) is 39.9 Å². The number of amides is 2. The SMILES string of the molecule is O=C(c1ccc(N2CCOC2=O)cc1)N(Cc1cccs1)Cc1cccs1. The smallest absolute Gasteiger partial charge is 0.414 e. The first-order chi connectivity index (χ1) is 13.2. The molecule has 0 saturated carbocycles. The molecule has 1 aliphatic rings. The third-order valence-corrected chi connectivity index (χ3v) is 6.05. The summed E-state index contributed by atoms with van der Waals surface area (Å²) in [5.74, 6) is -0.0210. The molecule has 1 fully saturated rings. The minimum Gasteiger partial charge on any atom is -0.447 e. The highest BCUT2D eigenvalue weighted by molar-refractivity contribution is 7.10. The molecule has 0 radical (unpaired) electrons. The molecular formula is C20H18N2O3S2. The van der Waals surface area contributed by atoms with Gasteiger partial charge in [0, 0.05) is 21.0 Å². The van der Waals surface area contributed by atoms with E-state index in [0.29, 0.717) is 31.8 Å². The Morgan fingerprint density at radius 2 is 1.63 bits per heavy atom. The number of carbonyl (C=O) groups excluding carboxylic acids is 2. The predicted molar refractivity (Wildman–Crippen MR) is 107 cm³/mol. The van der Waals surface area contributed by atoms with Crippen LogP contribution in [0.25, 0.3) is 0 Å². The number of cyclic esters (lactones) is 1. The van der Waals surface area contributed by atoms with Crippen LogP contribution in [0.2, 0.25) is 0 Å². The zero-order valence-corrected chi connectivity index (χ0v) is 16.2. The van der Waals surface area contributed by atoms with Gasteiger partial charge in [-0.1, -0.05) is 12.1 Å². The van der Waals surface area contributed by atoms with Crippen LogP contribution >= 0.6 is 22.7 Å². The Morgan fingerprint density at radius 1 is 1.00 bits per heavy atom. The van der Waals surface area contributed by atoms with Crippen LogP contribution in [0.4, 0.5) is 10.5 Å². The Hall–Kier alpha value is -2.64. The average molecular weight is 399 g/mol. The van der Waals surface area contributed by atoms with E-state index >= 15 is 0 Å². The van der Waals surface area contributed by atoms with Gasteiger partial charge in [-0.2, -0.15) is 0 Å². The summed E-state index contributed by atoms with van der Waals surface area (Å²) in [6.07, 6.45) is -0.342.